The fraction of sp³-hybridized carbons (Fsp3) is 0.667. The van der Waals surface area contributed by atoms with Crippen LogP contribution in [0.5, 0.6) is 0 Å². The van der Waals surface area contributed by atoms with E-state index in [1.165, 1.54) is 18.4 Å². The number of nitrogens with one attached hydrogen (secondary N) is 1. The van der Waals surface area contributed by atoms with Crippen LogP contribution in [0.3, 0.4) is 0 Å². The molecule has 0 radical (unpaired) electrons. The summed E-state index contributed by atoms with van der Waals surface area (Å²) in [5.74, 6) is 1.05. The lowest BCUT2D eigenvalue weighted by Gasteiger charge is -2.25. The number of guanidine groups is 1. The first kappa shape index (κ1) is 19.2. The van der Waals surface area contributed by atoms with Crippen molar-refractivity contribution in [3.05, 3.63) is 35.9 Å². The van der Waals surface area contributed by atoms with Gasteiger partial charge in [-0.05, 0) is 38.7 Å². The summed E-state index contributed by atoms with van der Waals surface area (Å²) in [6.07, 6.45) is 3.48. The molecule has 0 amide bonds. The molecule has 26 heavy (non-hydrogen) atoms. The van der Waals surface area contributed by atoms with Crippen molar-refractivity contribution >= 4 is 5.96 Å². The largest absolute Gasteiger partial charge is 0.381 e. The van der Waals surface area contributed by atoms with Gasteiger partial charge in [0.25, 0.3) is 0 Å². The van der Waals surface area contributed by atoms with Crippen LogP contribution < -0.4 is 5.32 Å². The number of ether oxygens (including phenoxy) is 2. The van der Waals surface area contributed by atoms with Crippen LogP contribution in [0.2, 0.25) is 0 Å². The number of nitrogens with zero attached hydrogens (tertiary/aromatic N) is 2. The van der Waals surface area contributed by atoms with Gasteiger partial charge in [0.2, 0.25) is 0 Å². The molecule has 2 aliphatic rings. The first-order chi connectivity index (χ1) is 12.7. The molecule has 144 valence electrons. The summed E-state index contributed by atoms with van der Waals surface area (Å²) in [5.41, 5.74) is 1.59. The van der Waals surface area contributed by atoms with Crippen LogP contribution in [0.15, 0.2) is 35.3 Å². The zero-order valence-electron chi connectivity index (χ0n) is 16.2. The Balaban J connectivity index is 1.43. The van der Waals surface area contributed by atoms with Crippen molar-refractivity contribution in [2.24, 2.45) is 10.4 Å². The number of likely N-dealkylation sites (tertiary alicyclic amines) is 1. The summed E-state index contributed by atoms with van der Waals surface area (Å²) in [6, 6.07) is 10.4. The minimum absolute atomic E-state index is 0.134. The second-order valence-corrected chi connectivity index (χ2v) is 7.49. The molecule has 3 rings (SSSR count). The second-order valence-electron chi connectivity index (χ2n) is 7.49. The molecular formula is C21H33N3O2. The van der Waals surface area contributed by atoms with Crippen LogP contribution in [-0.4, -0.2) is 56.9 Å². The third-order valence-electron chi connectivity index (χ3n) is 5.46. The fourth-order valence-corrected chi connectivity index (χ4v) is 3.84. The molecule has 5 heteroatoms. The Bertz CT molecular complexity index is 570. The average molecular weight is 360 g/mol. The number of aliphatic imine (C=N–C) groups is 1. The predicted molar refractivity (Wildman–Crippen MR) is 105 cm³/mol. The van der Waals surface area contributed by atoms with E-state index >= 15 is 0 Å². The van der Waals surface area contributed by atoms with Crippen molar-refractivity contribution in [3.8, 4) is 0 Å². The lowest BCUT2D eigenvalue weighted by atomic mass is 9.87. The molecule has 2 aliphatic heterocycles. The Morgan fingerprint density at radius 1 is 1.35 bits per heavy atom. The van der Waals surface area contributed by atoms with Crippen molar-refractivity contribution in [2.45, 2.75) is 39.2 Å². The van der Waals surface area contributed by atoms with Crippen LogP contribution >= 0.6 is 0 Å². The summed E-state index contributed by atoms with van der Waals surface area (Å²) >= 11 is 0. The molecule has 1 aromatic carbocycles. The van der Waals surface area contributed by atoms with Gasteiger partial charge in [-0.2, -0.15) is 0 Å². The monoisotopic (exact) mass is 359 g/mol. The summed E-state index contributed by atoms with van der Waals surface area (Å²) in [6.45, 7) is 10.6. The summed E-state index contributed by atoms with van der Waals surface area (Å²) in [4.78, 5) is 7.24. The highest BCUT2D eigenvalue weighted by molar-refractivity contribution is 5.80. The van der Waals surface area contributed by atoms with E-state index in [9.17, 15) is 0 Å². The number of rotatable bonds is 7. The Morgan fingerprint density at radius 3 is 2.92 bits per heavy atom. The Labute approximate surface area is 157 Å². The van der Waals surface area contributed by atoms with Gasteiger partial charge in [0, 0.05) is 44.8 Å². The number of hydrogen-bond acceptors (Lipinski definition) is 3. The predicted octanol–water partition coefficient (Wildman–Crippen LogP) is 3.23. The lowest BCUT2D eigenvalue weighted by Crippen LogP contribution is -2.41. The Morgan fingerprint density at radius 2 is 2.19 bits per heavy atom. The number of benzene rings is 1. The molecule has 2 heterocycles. The van der Waals surface area contributed by atoms with Crippen molar-refractivity contribution in [1.29, 1.82) is 0 Å². The van der Waals surface area contributed by atoms with Gasteiger partial charge >= 0.3 is 0 Å². The maximum Gasteiger partial charge on any atom is 0.193 e. The van der Waals surface area contributed by atoms with Crippen LogP contribution in [-0.2, 0) is 9.47 Å². The molecule has 2 saturated heterocycles. The van der Waals surface area contributed by atoms with E-state index in [0.717, 1.165) is 58.4 Å². The van der Waals surface area contributed by atoms with Crippen LogP contribution in [0.1, 0.15) is 44.8 Å². The van der Waals surface area contributed by atoms with E-state index in [-0.39, 0.29) is 6.10 Å². The molecule has 0 saturated carbocycles. The molecule has 2 atom stereocenters. The molecule has 2 fully saturated rings. The van der Waals surface area contributed by atoms with Gasteiger partial charge in [-0.15, -0.1) is 0 Å². The van der Waals surface area contributed by atoms with Crippen molar-refractivity contribution < 1.29 is 9.47 Å². The van der Waals surface area contributed by atoms with Gasteiger partial charge in [0.15, 0.2) is 5.96 Å². The van der Waals surface area contributed by atoms with E-state index in [0.29, 0.717) is 5.41 Å². The minimum atomic E-state index is 0.134. The third kappa shape index (κ3) is 4.98. The molecule has 5 nitrogen and oxygen atoms in total. The van der Waals surface area contributed by atoms with E-state index < -0.39 is 0 Å². The topological polar surface area (TPSA) is 46.1 Å². The van der Waals surface area contributed by atoms with E-state index in [1.54, 1.807) is 0 Å². The normalized spacial score (nSPS) is 24.4. The molecule has 0 aromatic heterocycles. The standard InChI is InChI=1S/C21H33N3O2/c1-3-22-20(24-13-10-21(16-24)11-15-25-17-21)23-12-7-14-26-18(2)19-8-5-4-6-9-19/h4-6,8-9,18H,3,7,10-17H2,1-2H3,(H,22,23). The van der Waals surface area contributed by atoms with E-state index in [2.05, 4.69) is 48.3 Å². The highest BCUT2D eigenvalue weighted by Gasteiger charge is 2.42. The van der Waals surface area contributed by atoms with Crippen molar-refractivity contribution in [2.75, 3.05) is 46.0 Å². The van der Waals surface area contributed by atoms with Crippen LogP contribution in [0, 0.1) is 5.41 Å². The molecule has 0 bridgehead atoms. The zero-order chi connectivity index (χ0) is 18.2. The smallest absolute Gasteiger partial charge is 0.193 e. The minimum Gasteiger partial charge on any atom is -0.381 e. The first-order valence-electron chi connectivity index (χ1n) is 10.00. The summed E-state index contributed by atoms with van der Waals surface area (Å²) in [7, 11) is 0. The molecule has 2 unspecified atom stereocenters. The fourth-order valence-electron chi connectivity index (χ4n) is 3.84. The third-order valence-corrected chi connectivity index (χ3v) is 5.46. The van der Waals surface area contributed by atoms with Crippen LogP contribution in [0.25, 0.3) is 0 Å². The molecule has 1 spiro atoms. The van der Waals surface area contributed by atoms with Gasteiger partial charge < -0.3 is 19.7 Å². The molecular weight excluding hydrogens is 326 g/mol. The molecule has 1 N–H and O–H groups in total. The van der Waals surface area contributed by atoms with E-state index in [1.807, 2.05) is 6.07 Å². The van der Waals surface area contributed by atoms with Gasteiger partial charge in [-0.3, -0.25) is 4.99 Å². The zero-order valence-corrected chi connectivity index (χ0v) is 16.2. The summed E-state index contributed by atoms with van der Waals surface area (Å²) < 4.78 is 11.6. The van der Waals surface area contributed by atoms with Crippen molar-refractivity contribution in [3.63, 3.8) is 0 Å². The highest BCUT2D eigenvalue weighted by atomic mass is 16.5. The maximum absolute atomic E-state index is 5.95. The van der Waals surface area contributed by atoms with E-state index in [4.69, 9.17) is 14.5 Å². The molecule has 0 aliphatic carbocycles. The Kier molecular flexibility index (Phi) is 6.92. The lowest BCUT2D eigenvalue weighted by molar-refractivity contribution is 0.0651. The Hall–Kier alpha value is -1.59. The molecule has 1 aromatic rings. The van der Waals surface area contributed by atoms with Gasteiger partial charge in [0.05, 0.1) is 12.7 Å². The van der Waals surface area contributed by atoms with Gasteiger partial charge in [0.1, 0.15) is 0 Å². The van der Waals surface area contributed by atoms with Gasteiger partial charge in [-0.25, -0.2) is 0 Å². The highest BCUT2D eigenvalue weighted by Crippen LogP contribution is 2.38. The van der Waals surface area contributed by atoms with Crippen LogP contribution in [0.4, 0.5) is 0 Å². The SMILES string of the molecule is CCNC(=NCCCOC(C)c1ccccc1)N1CCC2(CCOC2)C1. The second kappa shape index (κ2) is 9.38. The maximum atomic E-state index is 5.95. The summed E-state index contributed by atoms with van der Waals surface area (Å²) in [5, 5.41) is 3.45. The first-order valence-corrected chi connectivity index (χ1v) is 10.00. The van der Waals surface area contributed by atoms with Crippen molar-refractivity contribution in [1.82, 2.24) is 10.2 Å². The van der Waals surface area contributed by atoms with Gasteiger partial charge in [-0.1, -0.05) is 30.3 Å². The quantitative estimate of drug-likeness (QED) is 0.461. The average Bonchev–Trinajstić information content (AvgIpc) is 3.31. The number of hydrogen-bond donors (Lipinski definition) is 1.